The molecule has 3 heteroatoms. The maximum Gasteiger partial charge on any atom is 0.175 e. The first-order valence-electron chi connectivity index (χ1n) is 9.48. The highest BCUT2D eigenvalue weighted by Gasteiger charge is 2.18. The van der Waals surface area contributed by atoms with Crippen molar-refractivity contribution in [1.82, 2.24) is 10.2 Å². The Morgan fingerprint density at radius 2 is 1.80 bits per heavy atom. The Morgan fingerprint density at radius 3 is 2.24 bits per heavy atom. The number of carbonyl (C=O) groups is 1. The summed E-state index contributed by atoms with van der Waals surface area (Å²) in [6, 6.07) is 8.63. The number of piperazine rings is 1. The van der Waals surface area contributed by atoms with E-state index in [-0.39, 0.29) is 5.78 Å². The number of hydrogen-bond donors (Lipinski definition) is 1. The van der Waals surface area contributed by atoms with Crippen LogP contribution < -0.4 is 5.32 Å². The fourth-order valence-electron chi connectivity index (χ4n) is 2.94. The van der Waals surface area contributed by atoms with E-state index in [0.29, 0.717) is 0 Å². The maximum atomic E-state index is 11.5. The third-order valence-electron chi connectivity index (χ3n) is 4.38. The minimum atomic E-state index is 0.131. The number of rotatable bonds is 6. The lowest BCUT2D eigenvalue weighted by molar-refractivity contribution is -0.114. The van der Waals surface area contributed by atoms with E-state index in [4.69, 9.17) is 0 Å². The zero-order valence-electron chi connectivity index (χ0n) is 16.4. The highest BCUT2D eigenvalue weighted by Crippen LogP contribution is 2.15. The zero-order chi connectivity index (χ0) is 18.7. The molecular weight excluding hydrogens is 308 g/mol. The SMILES string of the molecule is C=C1CNCCN1/C(=C\CCC)C(C)=O.CCc1ccccc1CC. The molecule has 1 aliphatic heterocycles. The quantitative estimate of drug-likeness (QED) is 0.773. The summed E-state index contributed by atoms with van der Waals surface area (Å²) in [6.45, 7) is 14.6. The largest absolute Gasteiger partial charge is 0.341 e. The van der Waals surface area contributed by atoms with Crippen LogP contribution >= 0.6 is 0 Å². The zero-order valence-corrected chi connectivity index (χ0v) is 16.4. The molecule has 0 bridgehead atoms. The summed E-state index contributed by atoms with van der Waals surface area (Å²) < 4.78 is 0. The number of benzene rings is 1. The normalized spacial score (nSPS) is 14.8. The van der Waals surface area contributed by atoms with Crippen molar-refractivity contribution in [3.05, 3.63) is 59.4 Å². The Balaban J connectivity index is 0.000000271. The van der Waals surface area contributed by atoms with Crippen LogP contribution in [0.3, 0.4) is 0 Å². The summed E-state index contributed by atoms with van der Waals surface area (Å²) in [7, 11) is 0. The predicted molar refractivity (Wildman–Crippen MR) is 108 cm³/mol. The van der Waals surface area contributed by atoms with Crippen LogP contribution in [0.2, 0.25) is 0 Å². The van der Waals surface area contributed by atoms with Gasteiger partial charge in [0.25, 0.3) is 0 Å². The molecule has 1 N–H and O–H groups in total. The van der Waals surface area contributed by atoms with Gasteiger partial charge in [-0.2, -0.15) is 0 Å². The smallest absolute Gasteiger partial charge is 0.175 e. The lowest BCUT2D eigenvalue weighted by atomic mass is 10.0. The monoisotopic (exact) mass is 342 g/mol. The number of ketones is 1. The van der Waals surface area contributed by atoms with Gasteiger partial charge in [0.2, 0.25) is 0 Å². The lowest BCUT2D eigenvalue weighted by Gasteiger charge is -2.32. The molecule has 0 unspecified atom stereocenters. The second-order valence-electron chi connectivity index (χ2n) is 6.30. The Morgan fingerprint density at radius 1 is 1.20 bits per heavy atom. The number of nitrogens with zero attached hydrogens (tertiary/aromatic N) is 1. The minimum Gasteiger partial charge on any atom is -0.341 e. The summed E-state index contributed by atoms with van der Waals surface area (Å²) in [6.07, 6.45) is 6.36. The third-order valence-corrected chi connectivity index (χ3v) is 4.38. The van der Waals surface area contributed by atoms with Crippen molar-refractivity contribution in [3.63, 3.8) is 0 Å². The molecule has 0 radical (unpaired) electrons. The van der Waals surface area contributed by atoms with Crippen LogP contribution in [-0.4, -0.2) is 30.3 Å². The van der Waals surface area contributed by atoms with E-state index >= 15 is 0 Å². The standard InChI is InChI=1S/C12H20N2O.C10H14/c1-4-5-6-12(11(3)15)14-8-7-13-9-10(14)2;1-3-9-7-5-6-8-10(9)4-2/h6,13H,2,4-5,7-9H2,1,3H3;5-8H,3-4H2,1-2H3/b12-6-;. The van der Waals surface area contributed by atoms with Gasteiger partial charge in [0.1, 0.15) is 0 Å². The number of allylic oxidation sites excluding steroid dienone is 2. The van der Waals surface area contributed by atoms with Crippen molar-refractivity contribution >= 4 is 5.78 Å². The highest BCUT2D eigenvalue weighted by atomic mass is 16.1. The van der Waals surface area contributed by atoms with Gasteiger partial charge >= 0.3 is 0 Å². The molecule has 1 aliphatic rings. The van der Waals surface area contributed by atoms with Crippen LogP contribution in [0.5, 0.6) is 0 Å². The van der Waals surface area contributed by atoms with Gasteiger partial charge in [-0.3, -0.25) is 4.79 Å². The summed E-state index contributed by atoms with van der Waals surface area (Å²) in [5.41, 5.74) is 4.78. The highest BCUT2D eigenvalue weighted by molar-refractivity contribution is 5.92. The topological polar surface area (TPSA) is 32.3 Å². The third kappa shape index (κ3) is 6.87. The van der Waals surface area contributed by atoms with Crippen molar-refractivity contribution in [2.45, 2.75) is 53.4 Å². The Labute approximate surface area is 153 Å². The maximum absolute atomic E-state index is 11.5. The van der Waals surface area contributed by atoms with Crippen molar-refractivity contribution < 1.29 is 4.79 Å². The van der Waals surface area contributed by atoms with E-state index in [9.17, 15) is 4.79 Å². The summed E-state index contributed by atoms with van der Waals surface area (Å²) in [5, 5.41) is 3.23. The van der Waals surface area contributed by atoms with Crippen molar-refractivity contribution in [3.8, 4) is 0 Å². The van der Waals surface area contributed by atoms with E-state index in [2.05, 4.69) is 56.9 Å². The van der Waals surface area contributed by atoms with Crippen LogP contribution in [0, 0.1) is 0 Å². The van der Waals surface area contributed by atoms with E-state index < -0.39 is 0 Å². The van der Waals surface area contributed by atoms with Gasteiger partial charge in [0.15, 0.2) is 5.78 Å². The van der Waals surface area contributed by atoms with Crippen LogP contribution in [0.25, 0.3) is 0 Å². The molecule has 0 aliphatic carbocycles. The van der Waals surface area contributed by atoms with Crippen LogP contribution in [0.4, 0.5) is 0 Å². The first-order valence-corrected chi connectivity index (χ1v) is 9.48. The lowest BCUT2D eigenvalue weighted by Crippen LogP contribution is -2.42. The fourth-order valence-corrected chi connectivity index (χ4v) is 2.94. The molecule has 25 heavy (non-hydrogen) atoms. The molecule has 1 fully saturated rings. The first-order chi connectivity index (χ1) is 12.0. The van der Waals surface area contributed by atoms with Gasteiger partial charge in [-0.1, -0.05) is 64.1 Å². The Hall–Kier alpha value is -1.87. The summed E-state index contributed by atoms with van der Waals surface area (Å²) in [4.78, 5) is 13.6. The van der Waals surface area contributed by atoms with Crippen LogP contribution in [0.15, 0.2) is 48.3 Å². The van der Waals surface area contributed by atoms with Gasteiger partial charge in [-0.15, -0.1) is 0 Å². The Bertz CT molecular complexity index is 566. The second-order valence-corrected chi connectivity index (χ2v) is 6.30. The molecule has 0 saturated carbocycles. The van der Waals surface area contributed by atoms with Gasteiger partial charge in [0, 0.05) is 32.3 Å². The molecule has 2 rings (SSSR count). The van der Waals surface area contributed by atoms with E-state index in [0.717, 1.165) is 56.7 Å². The molecule has 0 atom stereocenters. The predicted octanol–water partition coefficient (Wildman–Crippen LogP) is 4.49. The first kappa shape index (κ1) is 21.2. The van der Waals surface area contributed by atoms with E-state index in [1.54, 1.807) is 6.92 Å². The van der Waals surface area contributed by atoms with Crippen molar-refractivity contribution in [2.24, 2.45) is 0 Å². The number of Topliss-reactive ketones (excluding diaryl/α,β-unsaturated/α-hetero) is 1. The molecule has 1 saturated heterocycles. The van der Waals surface area contributed by atoms with E-state index in [1.807, 2.05) is 11.0 Å². The summed E-state index contributed by atoms with van der Waals surface area (Å²) >= 11 is 0. The minimum absolute atomic E-state index is 0.131. The van der Waals surface area contributed by atoms with E-state index in [1.165, 1.54) is 11.1 Å². The number of aryl methyl sites for hydroxylation is 2. The van der Waals surface area contributed by atoms with Crippen molar-refractivity contribution in [2.75, 3.05) is 19.6 Å². The Kier molecular flexibility index (Phi) is 9.86. The second kappa shape index (κ2) is 11.6. The number of unbranched alkanes of at least 4 members (excludes halogenated alkanes) is 1. The van der Waals surface area contributed by atoms with Gasteiger partial charge in [0.05, 0.1) is 5.70 Å². The van der Waals surface area contributed by atoms with Gasteiger partial charge in [-0.25, -0.2) is 0 Å². The number of carbonyl (C=O) groups excluding carboxylic acids is 1. The van der Waals surface area contributed by atoms with Gasteiger partial charge < -0.3 is 10.2 Å². The molecule has 1 aromatic rings. The molecule has 0 amide bonds. The molecular formula is C22H34N2O. The molecule has 1 aromatic carbocycles. The average Bonchev–Trinajstić information content (AvgIpc) is 2.63. The molecule has 138 valence electrons. The average molecular weight is 343 g/mol. The molecule has 3 nitrogen and oxygen atoms in total. The van der Waals surface area contributed by atoms with Crippen LogP contribution in [-0.2, 0) is 17.6 Å². The molecule has 1 heterocycles. The number of nitrogens with one attached hydrogen (secondary N) is 1. The summed E-state index contributed by atoms with van der Waals surface area (Å²) in [5.74, 6) is 0.131. The van der Waals surface area contributed by atoms with Crippen LogP contribution in [0.1, 0.15) is 51.7 Å². The van der Waals surface area contributed by atoms with Gasteiger partial charge in [-0.05, 0) is 30.4 Å². The molecule has 0 aromatic heterocycles. The number of hydrogen-bond acceptors (Lipinski definition) is 3. The van der Waals surface area contributed by atoms with Crippen molar-refractivity contribution in [1.29, 1.82) is 0 Å². The fraction of sp³-hybridized carbons (Fsp3) is 0.500. The molecule has 0 spiro atoms.